The average Bonchev–Trinajstić information content (AvgIpc) is 2.30. The molecule has 1 nitrogen and oxygen atoms in total. The molecule has 0 spiro atoms. The second-order valence-electron chi connectivity index (χ2n) is 4.39. The third-order valence-corrected chi connectivity index (χ3v) is 2.89. The Morgan fingerprint density at radius 2 is 1.70 bits per heavy atom. The summed E-state index contributed by atoms with van der Waals surface area (Å²) in [6.07, 6.45) is -14.3. The Bertz CT molecular complexity index is 471. The van der Waals surface area contributed by atoms with Crippen LogP contribution in [0, 0.1) is 12.7 Å². The van der Waals surface area contributed by atoms with Crippen LogP contribution in [-0.2, 0) is 0 Å². The summed E-state index contributed by atoms with van der Waals surface area (Å²) in [4.78, 5) is 0. The number of halogens is 7. The largest absolute Gasteiger partial charge is 0.428 e. The number of aliphatic hydroxyl groups is 1. The Kier molecular flexibility index (Phi) is 4.68. The topological polar surface area (TPSA) is 20.2 Å². The van der Waals surface area contributed by atoms with Gasteiger partial charge in [-0.2, -0.15) is 13.2 Å². The molecule has 0 fully saturated rings. The van der Waals surface area contributed by atoms with Gasteiger partial charge in [0.2, 0.25) is 0 Å². The zero-order valence-electron chi connectivity index (χ0n) is 10.2. The highest BCUT2D eigenvalue weighted by atomic mass is 19.4. The molecule has 0 aliphatic carbocycles. The molecule has 1 rings (SSSR count). The number of alkyl halides is 6. The number of rotatable bonds is 4. The summed E-state index contributed by atoms with van der Waals surface area (Å²) in [6.45, 7) is 1.36. The van der Waals surface area contributed by atoms with E-state index >= 15 is 0 Å². The first kappa shape index (κ1) is 16.7. The van der Waals surface area contributed by atoms with Gasteiger partial charge in [-0.3, -0.25) is 0 Å². The molecule has 114 valence electrons. The fourth-order valence-electron chi connectivity index (χ4n) is 1.54. The SMILES string of the molecule is Cc1ccc(C(O)CC(F)(C(F)F)C(F)(F)F)cc1F. The molecule has 0 heterocycles. The molecular weight excluding hydrogens is 293 g/mol. The number of benzene rings is 1. The second-order valence-corrected chi connectivity index (χ2v) is 4.39. The molecule has 0 aliphatic heterocycles. The van der Waals surface area contributed by atoms with E-state index in [-0.39, 0.29) is 5.56 Å². The molecule has 8 heteroatoms. The minimum absolute atomic E-state index is 0.150. The monoisotopic (exact) mass is 304 g/mol. The number of aryl methyl sites for hydroxylation is 1. The molecule has 0 saturated carbocycles. The Balaban J connectivity index is 3.03. The van der Waals surface area contributed by atoms with Crippen molar-refractivity contribution in [2.75, 3.05) is 0 Å². The fraction of sp³-hybridized carbons (Fsp3) is 0.500. The Morgan fingerprint density at radius 3 is 2.10 bits per heavy atom. The molecule has 0 saturated heterocycles. The first-order chi connectivity index (χ1) is 8.99. The van der Waals surface area contributed by atoms with Gasteiger partial charge < -0.3 is 5.11 Å². The molecule has 0 bridgehead atoms. The van der Waals surface area contributed by atoms with E-state index < -0.39 is 42.2 Å². The van der Waals surface area contributed by atoms with Crippen molar-refractivity contribution in [3.8, 4) is 0 Å². The van der Waals surface area contributed by atoms with Crippen molar-refractivity contribution in [2.45, 2.75) is 37.7 Å². The first-order valence-corrected chi connectivity index (χ1v) is 5.47. The molecule has 2 atom stereocenters. The van der Waals surface area contributed by atoms with Crippen LogP contribution < -0.4 is 0 Å². The number of hydrogen-bond acceptors (Lipinski definition) is 1. The van der Waals surface area contributed by atoms with Crippen LogP contribution >= 0.6 is 0 Å². The molecule has 2 unspecified atom stereocenters. The third-order valence-electron chi connectivity index (χ3n) is 2.89. The van der Waals surface area contributed by atoms with E-state index in [9.17, 15) is 35.8 Å². The van der Waals surface area contributed by atoms with Gasteiger partial charge in [-0.15, -0.1) is 0 Å². The summed E-state index contributed by atoms with van der Waals surface area (Å²) < 4.78 is 88.2. The second kappa shape index (κ2) is 5.59. The number of hydrogen-bond donors (Lipinski definition) is 1. The van der Waals surface area contributed by atoms with Crippen molar-refractivity contribution in [1.82, 2.24) is 0 Å². The van der Waals surface area contributed by atoms with Crippen molar-refractivity contribution in [3.05, 3.63) is 35.1 Å². The van der Waals surface area contributed by atoms with E-state index in [1.54, 1.807) is 0 Å². The predicted octanol–water partition coefficient (Wildman–Crippen LogP) is 4.09. The van der Waals surface area contributed by atoms with Crippen LogP contribution in [-0.4, -0.2) is 23.4 Å². The van der Waals surface area contributed by atoms with E-state index in [4.69, 9.17) is 0 Å². The van der Waals surface area contributed by atoms with Crippen molar-refractivity contribution in [3.63, 3.8) is 0 Å². The summed E-state index contributed by atoms with van der Waals surface area (Å²) in [6, 6.07) is 2.87. The fourth-order valence-corrected chi connectivity index (χ4v) is 1.54. The smallest absolute Gasteiger partial charge is 0.388 e. The van der Waals surface area contributed by atoms with E-state index in [0.29, 0.717) is 6.07 Å². The van der Waals surface area contributed by atoms with Gasteiger partial charge in [0.1, 0.15) is 5.82 Å². The van der Waals surface area contributed by atoms with E-state index in [2.05, 4.69) is 0 Å². The summed E-state index contributed by atoms with van der Waals surface area (Å²) in [7, 11) is 0. The van der Waals surface area contributed by atoms with Crippen molar-refractivity contribution < 1.29 is 35.8 Å². The van der Waals surface area contributed by atoms with Crippen LogP contribution in [0.15, 0.2) is 18.2 Å². The molecule has 1 aromatic carbocycles. The van der Waals surface area contributed by atoms with E-state index in [1.165, 1.54) is 6.92 Å². The molecule has 0 radical (unpaired) electrons. The molecular formula is C12H11F7O. The Hall–Kier alpha value is -1.31. The molecule has 20 heavy (non-hydrogen) atoms. The highest BCUT2D eigenvalue weighted by molar-refractivity contribution is 5.25. The van der Waals surface area contributed by atoms with Crippen molar-refractivity contribution in [2.24, 2.45) is 0 Å². The van der Waals surface area contributed by atoms with E-state index in [0.717, 1.165) is 12.1 Å². The Morgan fingerprint density at radius 1 is 1.15 bits per heavy atom. The third kappa shape index (κ3) is 3.23. The maximum Gasteiger partial charge on any atom is 0.428 e. The maximum absolute atomic E-state index is 13.4. The molecule has 1 N–H and O–H groups in total. The maximum atomic E-state index is 13.4. The minimum atomic E-state index is -5.84. The van der Waals surface area contributed by atoms with Gasteiger partial charge in [0, 0.05) is 6.42 Å². The number of aliphatic hydroxyl groups excluding tert-OH is 1. The van der Waals surface area contributed by atoms with Crippen LogP contribution in [0.1, 0.15) is 23.7 Å². The highest BCUT2D eigenvalue weighted by Crippen LogP contribution is 2.44. The van der Waals surface area contributed by atoms with Gasteiger partial charge >= 0.3 is 6.18 Å². The zero-order valence-corrected chi connectivity index (χ0v) is 10.2. The van der Waals surface area contributed by atoms with Gasteiger partial charge in [0.15, 0.2) is 0 Å². The summed E-state index contributed by atoms with van der Waals surface area (Å²) in [5, 5.41) is 9.44. The minimum Gasteiger partial charge on any atom is -0.388 e. The predicted molar refractivity (Wildman–Crippen MR) is 56.6 cm³/mol. The lowest BCUT2D eigenvalue weighted by atomic mass is 9.93. The van der Waals surface area contributed by atoms with Crippen molar-refractivity contribution in [1.29, 1.82) is 0 Å². The van der Waals surface area contributed by atoms with Crippen LogP contribution in [0.2, 0.25) is 0 Å². The molecule has 0 amide bonds. The zero-order chi connectivity index (χ0) is 15.7. The van der Waals surface area contributed by atoms with Gasteiger partial charge in [0.05, 0.1) is 6.10 Å². The highest BCUT2D eigenvalue weighted by Gasteiger charge is 2.63. The average molecular weight is 304 g/mol. The molecule has 0 aliphatic rings. The molecule has 0 aromatic heterocycles. The van der Waals surface area contributed by atoms with Gasteiger partial charge in [-0.1, -0.05) is 12.1 Å². The lowest BCUT2D eigenvalue weighted by molar-refractivity contribution is -0.276. The summed E-state index contributed by atoms with van der Waals surface area (Å²) in [5.74, 6) is -0.838. The van der Waals surface area contributed by atoms with Crippen molar-refractivity contribution >= 4 is 0 Å². The summed E-state index contributed by atoms with van der Waals surface area (Å²) in [5.41, 5.74) is -5.11. The standard InChI is InChI=1S/C12H11F7O/c1-6-2-3-7(4-8(6)13)9(20)5-11(16,10(14)15)12(17,18)19/h2-4,9-10,20H,5H2,1H3. The van der Waals surface area contributed by atoms with Crippen LogP contribution in [0.3, 0.4) is 0 Å². The lowest BCUT2D eigenvalue weighted by Crippen LogP contribution is -2.48. The molecule has 1 aromatic rings. The normalized spacial score (nSPS) is 17.1. The first-order valence-electron chi connectivity index (χ1n) is 5.47. The van der Waals surface area contributed by atoms with Crippen LogP contribution in [0.25, 0.3) is 0 Å². The van der Waals surface area contributed by atoms with Gasteiger partial charge in [0.25, 0.3) is 12.1 Å². The lowest BCUT2D eigenvalue weighted by Gasteiger charge is -2.29. The van der Waals surface area contributed by atoms with E-state index in [1.807, 2.05) is 0 Å². The Labute approximate surface area is 110 Å². The summed E-state index contributed by atoms with van der Waals surface area (Å²) >= 11 is 0. The van der Waals surface area contributed by atoms with Gasteiger partial charge in [-0.05, 0) is 24.1 Å². The van der Waals surface area contributed by atoms with Gasteiger partial charge in [-0.25, -0.2) is 17.6 Å². The van der Waals surface area contributed by atoms with Crippen LogP contribution in [0.5, 0.6) is 0 Å². The van der Waals surface area contributed by atoms with Crippen LogP contribution in [0.4, 0.5) is 30.7 Å². The quantitative estimate of drug-likeness (QED) is 0.831.